The lowest BCUT2D eigenvalue weighted by Gasteiger charge is -1.90. The van der Waals surface area contributed by atoms with Crippen LogP contribution in [0.15, 0.2) is 0 Å². The van der Waals surface area contributed by atoms with Crippen molar-refractivity contribution in [3.05, 3.63) is 0 Å². The molecule has 0 bridgehead atoms. The molecule has 7 heavy (non-hydrogen) atoms. The Kier molecular flexibility index (Phi) is 7.12. The maximum atomic E-state index is 9.85. The molecule has 0 aliphatic heterocycles. The summed E-state index contributed by atoms with van der Waals surface area (Å²) in [5.74, 6) is 0. The molecule has 4 heteroatoms. The third-order valence-corrected chi connectivity index (χ3v) is 0.390. The zero-order valence-electron chi connectivity index (χ0n) is 4.52. The van der Waals surface area contributed by atoms with E-state index in [0.29, 0.717) is 0 Å². The highest BCUT2D eigenvalue weighted by Gasteiger charge is 1.85. The Labute approximate surface area is 42.4 Å². The van der Waals surface area contributed by atoms with Crippen molar-refractivity contribution >= 4 is 6.09 Å². The minimum atomic E-state index is -0.407. The maximum absolute atomic E-state index is 9.85. The van der Waals surface area contributed by atoms with Gasteiger partial charge in [-0.3, -0.25) is 0 Å². The zero-order valence-corrected chi connectivity index (χ0v) is 4.52. The van der Waals surface area contributed by atoms with Crippen molar-refractivity contribution in [2.45, 2.75) is 0 Å². The number of ether oxygens (including phenoxy) is 1. The van der Waals surface area contributed by atoms with E-state index in [1.54, 1.807) is 0 Å². The first-order valence-electron chi connectivity index (χ1n) is 1.57. The molecule has 4 N–H and O–H groups in total. The summed E-state index contributed by atoms with van der Waals surface area (Å²) >= 11 is 0. The summed E-state index contributed by atoms with van der Waals surface area (Å²) in [5.41, 5.74) is 0. The molecule has 1 amide bonds. The van der Waals surface area contributed by atoms with Crippen molar-refractivity contribution < 1.29 is 9.53 Å². The molecule has 0 rings (SSSR count). The van der Waals surface area contributed by atoms with Crippen LogP contribution in [0.2, 0.25) is 0 Å². The predicted octanol–water partition coefficient (Wildman–Crippen LogP) is 0.134. The summed E-state index contributed by atoms with van der Waals surface area (Å²) in [6.07, 6.45) is -0.407. The molecule has 0 atom stereocenters. The number of carbonyl (C=O) groups excluding carboxylic acids is 1. The Morgan fingerprint density at radius 3 is 2.14 bits per heavy atom. The van der Waals surface area contributed by atoms with E-state index < -0.39 is 6.09 Å². The van der Waals surface area contributed by atoms with E-state index in [9.17, 15) is 4.79 Å². The zero-order chi connectivity index (χ0) is 4.99. The highest BCUT2D eigenvalue weighted by molar-refractivity contribution is 5.66. The molecule has 0 aromatic heterocycles. The standard InChI is InChI=1S/C3H7NO2.H3N/c1-4-3(5)6-2;/h1-2H3,(H,4,5);1H3. The summed E-state index contributed by atoms with van der Waals surface area (Å²) in [6, 6.07) is 0. The van der Waals surface area contributed by atoms with Crippen molar-refractivity contribution in [3.8, 4) is 0 Å². The van der Waals surface area contributed by atoms with E-state index >= 15 is 0 Å². The smallest absolute Gasteiger partial charge is 0.406 e. The molecular formula is C3H10N2O2. The first kappa shape index (κ1) is 9.52. The van der Waals surface area contributed by atoms with E-state index in [1.165, 1.54) is 14.2 Å². The molecule has 0 aliphatic rings. The lowest BCUT2D eigenvalue weighted by Crippen LogP contribution is -2.16. The van der Waals surface area contributed by atoms with E-state index in [2.05, 4.69) is 10.1 Å². The molecule has 4 nitrogen and oxygen atoms in total. The van der Waals surface area contributed by atoms with Crippen LogP contribution in [0.25, 0.3) is 0 Å². The molecule has 0 unspecified atom stereocenters. The first-order valence-corrected chi connectivity index (χ1v) is 1.57. The molecule has 0 aromatic carbocycles. The van der Waals surface area contributed by atoms with Crippen LogP contribution >= 0.6 is 0 Å². The quantitative estimate of drug-likeness (QED) is 0.461. The molecule has 0 aliphatic carbocycles. The summed E-state index contributed by atoms with van der Waals surface area (Å²) in [4.78, 5) is 9.85. The Hall–Kier alpha value is -0.770. The van der Waals surface area contributed by atoms with Gasteiger partial charge in [0.05, 0.1) is 7.11 Å². The van der Waals surface area contributed by atoms with Crippen molar-refractivity contribution in [3.63, 3.8) is 0 Å². The minimum absolute atomic E-state index is 0. The number of hydrogen-bond acceptors (Lipinski definition) is 3. The summed E-state index contributed by atoms with van der Waals surface area (Å²) in [5, 5.41) is 2.25. The summed E-state index contributed by atoms with van der Waals surface area (Å²) in [7, 11) is 2.82. The number of alkyl carbamates (subject to hydrolysis) is 1. The van der Waals surface area contributed by atoms with E-state index in [-0.39, 0.29) is 6.15 Å². The van der Waals surface area contributed by atoms with E-state index in [1.807, 2.05) is 0 Å². The number of rotatable bonds is 0. The Bertz CT molecular complexity index is 48.9. The summed E-state index contributed by atoms with van der Waals surface area (Å²) in [6.45, 7) is 0. The second-order valence-electron chi connectivity index (χ2n) is 0.742. The van der Waals surface area contributed by atoms with Gasteiger partial charge >= 0.3 is 6.09 Å². The second kappa shape index (κ2) is 5.23. The van der Waals surface area contributed by atoms with Gasteiger partial charge in [-0.05, 0) is 0 Å². The first-order chi connectivity index (χ1) is 2.81. The lowest BCUT2D eigenvalue weighted by atomic mass is 11.1. The number of hydrogen-bond donors (Lipinski definition) is 2. The topological polar surface area (TPSA) is 73.3 Å². The SMILES string of the molecule is CNC(=O)OC.N. The van der Waals surface area contributed by atoms with Crippen LogP contribution in [0.5, 0.6) is 0 Å². The van der Waals surface area contributed by atoms with E-state index in [0.717, 1.165) is 0 Å². The van der Waals surface area contributed by atoms with Crippen LogP contribution in [-0.2, 0) is 4.74 Å². The van der Waals surface area contributed by atoms with Crippen LogP contribution in [0.4, 0.5) is 4.79 Å². The Balaban J connectivity index is 0. The molecule has 0 radical (unpaired) electrons. The predicted molar refractivity (Wildman–Crippen MR) is 26.5 cm³/mol. The van der Waals surface area contributed by atoms with Crippen molar-refractivity contribution in [1.29, 1.82) is 0 Å². The molecule has 44 valence electrons. The summed E-state index contributed by atoms with van der Waals surface area (Å²) < 4.78 is 4.15. The van der Waals surface area contributed by atoms with Crippen molar-refractivity contribution in [2.24, 2.45) is 0 Å². The molecule has 0 aromatic rings. The average Bonchev–Trinajstić information content (AvgIpc) is 1.65. The van der Waals surface area contributed by atoms with Crippen molar-refractivity contribution in [1.82, 2.24) is 11.5 Å². The normalized spacial score (nSPS) is 6.00. The number of amides is 1. The van der Waals surface area contributed by atoms with Crippen LogP contribution in [0, 0.1) is 0 Å². The van der Waals surface area contributed by atoms with Crippen molar-refractivity contribution in [2.75, 3.05) is 14.2 Å². The Morgan fingerprint density at radius 2 is 2.14 bits per heavy atom. The number of methoxy groups -OCH3 is 1. The van der Waals surface area contributed by atoms with Gasteiger partial charge in [-0.15, -0.1) is 0 Å². The number of nitrogens with one attached hydrogen (secondary N) is 1. The van der Waals surface area contributed by atoms with Gasteiger partial charge in [0.25, 0.3) is 0 Å². The van der Waals surface area contributed by atoms with Crippen LogP contribution in [-0.4, -0.2) is 20.3 Å². The molecule has 0 saturated heterocycles. The molecule has 0 fully saturated rings. The number of carbonyl (C=O) groups is 1. The van der Waals surface area contributed by atoms with Gasteiger partial charge in [-0.1, -0.05) is 0 Å². The van der Waals surface area contributed by atoms with Crippen LogP contribution < -0.4 is 11.5 Å². The minimum Gasteiger partial charge on any atom is -0.453 e. The van der Waals surface area contributed by atoms with Gasteiger partial charge in [0.2, 0.25) is 0 Å². The third kappa shape index (κ3) is 5.23. The fraction of sp³-hybridized carbons (Fsp3) is 0.667. The highest BCUT2D eigenvalue weighted by atomic mass is 16.5. The molecular weight excluding hydrogens is 96.0 g/mol. The highest BCUT2D eigenvalue weighted by Crippen LogP contribution is 1.62. The monoisotopic (exact) mass is 106 g/mol. The second-order valence-corrected chi connectivity index (χ2v) is 0.742. The third-order valence-electron chi connectivity index (χ3n) is 0.390. The maximum Gasteiger partial charge on any atom is 0.406 e. The average molecular weight is 106 g/mol. The fourth-order valence-electron chi connectivity index (χ4n) is 0.102. The molecule has 0 heterocycles. The molecule has 0 spiro atoms. The van der Waals surface area contributed by atoms with Crippen LogP contribution in [0.3, 0.4) is 0 Å². The largest absolute Gasteiger partial charge is 0.453 e. The van der Waals surface area contributed by atoms with Gasteiger partial charge in [-0.2, -0.15) is 0 Å². The van der Waals surface area contributed by atoms with Gasteiger partial charge in [0, 0.05) is 7.05 Å². The Morgan fingerprint density at radius 1 is 1.71 bits per heavy atom. The van der Waals surface area contributed by atoms with Gasteiger partial charge in [0.1, 0.15) is 0 Å². The van der Waals surface area contributed by atoms with Crippen LogP contribution in [0.1, 0.15) is 0 Å². The molecule has 0 saturated carbocycles. The van der Waals surface area contributed by atoms with Gasteiger partial charge in [0.15, 0.2) is 0 Å². The van der Waals surface area contributed by atoms with Gasteiger partial charge < -0.3 is 16.2 Å². The fourth-order valence-corrected chi connectivity index (χ4v) is 0.102. The van der Waals surface area contributed by atoms with E-state index in [4.69, 9.17) is 0 Å². The lowest BCUT2D eigenvalue weighted by molar-refractivity contribution is 0.173. The van der Waals surface area contributed by atoms with Gasteiger partial charge in [-0.25, -0.2) is 4.79 Å².